The number of nitriles is 2. The summed E-state index contributed by atoms with van der Waals surface area (Å²) in [6, 6.07) is 11.8. The molecule has 0 heterocycles. The zero-order chi connectivity index (χ0) is 19.1. The van der Waals surface area contributed by atoms with Crippen molar-refractivity contribution in [1.82, 2.24) is 0 Å². The molecular formula is C20H18N4S2. The first-order chi connectivity index (χ1) is 12.5. The van der Waals surface area contributed by atoms with Crippen LogP contribution < -0.4 is 0 Å². The number of benzene rings is 2. The van der Waals surface area contributed by atoms with E-state index in [2.05, 4.69) is 47.4 Å². The van der Waals surface area contributed by atoms with Gasteiger partial charge >= 0.3 is 0 Å². The molecule has 2 rings (SSSR count). The van der Waals surface area contributed by atoms with Crippen LogP contribution in [-0.2, 0) is 0 Å². The van der Waals surface area contributed by atoms with Crippen molar-refractivity contribution in [2.24, 2.45) is 9.98 Å². The van der Waals surface area contributed by atoms with E-state index in [-0.39, 0.29) is 0 Å². The number of rotatable bonds is 5. The molecule has 2 aromatic carbocycles. The van der Waals surface area contributed by atoms with Crippen LogP contribution in [-0.4, -0.2) is 25.5 Å². The molecule has 130 valence electrons. The molecule has 0 aromatic heterocycles. The topological polar surface area (TPSA) is 72.3 Å². The molecule has 0 spiro atoms. The standard InChI is InChI=1S/C20H18N4S2/c1-13-5-15(9-21)19(25)17(7-13)11-23-3-4-24-12-18-8-14(2)6-16(10-22)20(18)26/h5-8,11-12,25-26H,3-4H2,1-2H3. The third-order valence-corrected chi connectivity index (χ3v) is 4.63. The lowest BCUT2D eigenvalue weighted by molar-refractivity contribution is 0.983. The summed E-state index contributed by atoms with van der Waals surface area (Å²) in [5.74, 6) is 0. The second kappa shape index (κ2) is 9.24. The summed E-state index contributed by atoms with van der Waals surface area (Å²) >= 11 is 8.78. The molecule has 0 N–H and O–H groups in total. The van der Waals surface area contributed by atoms with Gasteiger partial charge in [0, 0.05) is 33.3 Å². The molecule has 6 heteroatoms. The van der Waals surface area contributed by atoms with Crippen molar-refractivity contribution in [3.63, 3.8) is 0 Å². The number of aliphatic imine (C=N–C) groups is 2. The van der Waals surface area contributed by atoms with Crippen molar-refractivity contribution < 1.29 is 0 Å². The summed E-state index contributed by atoms with van der Waals surface area (Å²) in [4.78, 5) is 9.98. The zero-order valence-corrected chi connectivity index (χ0v) is 16.4. The van der Waals surface area contributed by atoms with Gasteiger partial charge in [0.1, 0.15) is 12.1 Å². The molecule has 0 aliphatic carbocycles. The van der Waals surface area contributed by atoms with Gasteiger partial charge in [0.15, 0.2) is 0 Å². The Morgan fingerprint density at radius 2 is 1.19 bits per heavy atom. The average Bonchev–Trinajstić information content (AvgIpc) is 2.62. The number of thiol groups is 2. The van der Waals surface area contributed by atoms with Gasteiger partial charge in [-0.2, -0.15) is 10.5 Å². The van der Waals surface area contributed by atoms with E-state index in [0.717, 1.165) is 22.3 Å². The lowest BCUT2D eigenvalue weighted by atomic mass is 10.1. The SMILES string of the molecule is Cc1cc(C#N)c(S)c(C=NCCN=Cc2cc(C)cc(C#N)c2S)c1. The first-order valence-corrected chi connectivity index (χ1v) is 8.82. The molecule has 2 aromatic rings. The fraction of sp³-hybridized carbons (Fsp3) is 0.200. The molecule has 0 aliphatic rings. The predicted molar refractivity (Wildman–Crippen MR) is 111 cm³/mol. The third-order valence-electron chi connectivity index (χ3n) is 3.63. The van der Waals surface area contributed by atoms with Crippen LogP contribution >= 0.6 is 25.3 Å². The maximum Gasteiger partial charge on any atom is 0.100 e. The van der Waals surface area contributed by atoms with Crippen LogP contribution in [0.25, 0.3) is 0 Å². The molecule has 0 saturated carbocycles. The van der Waals surface area contributed by atoms with Crippen molar-refractivity contribution in [3.8, 4) is 12.1 Å². The van der Waals surface area contributed by atoms with Crippen LogP contribution in [0.15, 0.2) is 44.0 Å². The molecular weight excluding hydrogens is 360 g/mol. The summed E-state index contributed by atoms with van der Waals surface area (Å²) in [6.07, 6.45) is 3.44. The van der Waals surface area contributed by atoms with Crippen LogP contribution in [0.4, 0.5) is 0 Å². The third kappa shape index (κ3) is 4.98. The van der Waals surface area contributed by atoms with Crippen LogP contribution in [0, 0.1) is 36.5 Å². The van der Waals surface area contributed by atoms with E-state index in [1.807, 2.05) is 26.0 Å². The highest BCUT2D eigenvalue weighted by Crippen LogP contribution is 2.20. The Labute approximate surface area is 164 Å². The minimum absolute atomic E-state index is 0.512. The van der Waals surface area contributed by atoms with Gasteiger partial charge < -0.3 is 0 Å². The zero-order valence-electron chi connectivity index (χ0n) is 14.6. The Morgan fingerprint density at radius 3 is 1.54 bits per heavy atom. The molecule has 0 aliphatic heterocycles. The largest absolute Gasteiger partial charge is 0.291 e. The molecule has 26 heavy (non-hydrogen) atoms. The molecule has 4 nitrogen and oxygen atoms in total. The van der Waals surface area contributed by atoms with Gasteiger partial charge in [-0.3, -0.25) is 9.98 Å². The van der Waals surface area contributed by atoms with Crippen molar-refractivity contribution in [3.05, 3.63) is 57.6 Å². The van der Waals surface area contributed by atoms with Crippen molar-refractivity contribution in [2.45, 2.75) is 23.6 Å². The number of hydrogen-bond donors (Lipinski definition) is 2. The molecule has 0 bridgehead atoms. The van der Waals surface area contributed by atoms with Gasteiger partial charge in [-0.25, -0.2) is 0 Å². The smallest absolute Gasteiger partial charge is 0.100 e. The van der Waals surface area contributed by atoms with E-state index in [0.29, 0.717) is 34.0 Å². The quantitative estimate of drug-likeness (QED) is 0.466. The van der Waals surface area contributed by atoms with Gasteiger partial charge in [-0.15, -0.1) is 25.3 Å². The molecule has 0 fully saturated rings. The summed E-state index contributed by atoms with van der Waals surface area (Å²) in [5, 5.41) is 18.2. The van der Waals surface area contributed by atoms with Crippen LogP contribution in [0.3, 0.4) is 0 Å². The average molecular weight is 379 g/mol. The van der Waals surface area contributed by atoms with Crippen molar-refractivity contribution in [2.75, 3.05) is 13.1 Å². The first kappa shape index (κ1) is 19.8. The second-order valence-corrected chi connectivity index (χ2v) is 6.69. The van der Waals surface area contributed by atoms with Gasteiger partial charge in [-0.05, 0) is 49.2 Å². The van der Waals surface area contributed by atoms with E-state index in [9.17, 15) is 0 Å². The maximum atomic E-state index is 9.11. The molecule has 0 saturated heterocycles. The summed E-state index contributed by atoms with van der Waals surface area (Å²) in [5.41, 5.74) is 4.72. The summed E-state index contributed by atoms with van der Waals surface area (Å²) in [6.45, 7) is 4.89. The van der Waals surface area contributed by atoms with Crippen LogP contribution in [0.1, 0.15) is 33.4 Å². The monoisotopic (exact) mass is 378 g/mol. The second-order valence-electron chi connectivity index (χ2n) is 5.79. The Balaban J connectivity index is 2.02. The highest BCUT2D eigenvalue weighted by molar-refractivity contribution is 7.80. The molecule has 0 radical (unpaired) electrons. The van der Waals surface area contributed by atoms with E-state index >= 15 is 0 Å². The Kier molecular flexibility index (Phi) is 7.03. The molecule has 0 atom stereocenters. The minimum atomic E-state index is 0.512. The van der Waals surface area contributed by atoms with Gasteiger partial charge in [0.2, 0.25) is 0 Å². The fourth-order valence-corrected chi connectivity index (χ4v) is 2.90. The van der Waals surface area contributed by atoms with Gasteiger partial charge in [0.25, 0.3) is 0 Å². The van der Waals surface area contributed by atoms with Crippen LogP contribution in [0.2, 0.25) is 0 Å². The van der Waals surface area contributed by atoms with Crippen molar-refractivity contribution in [1.29, 1.82) is 10.5 Å². The fourth-order valence-electron chi connectivity index (χ4n) is 2.42. The first-order valence-electron chi connectivity index (χ1n) is 7.93. The maximum absolute atomic E-state index is 9.11. The van der Waals surface area contributed by atoms with E-state index in [4.69, 9.17) is 10.5 Å². The predicted octanol–water partition coefficient (Wildman–Crippen LogP) is 4.16. The lowest BCUT2D eigenvalue weighted by Gasteiger charge is -2.04. The molecule has 0 amide bonds. The normalized spacial score (nSPS) is 11.0. The Morgan fingerprint density at radius 1 is 0.808 bits per heavy atom. The lowest BCUT2D eigenvalue weighted by Crippen LogP contribution is -1.95. The highest BCUT2D eigenvalue weighted by atomic mass is 32.1. The summed E-state index contributed by atoms with van der Waals surface area (Å²) in [7, 11) is 0. The summed E-state index contributed by atoms with van der Waals surface area (Å²) < 4.78 is 0. The van der Waals surface area contributed by atoms with Crippen molar-refractivity contribution >= 4 is 37.7 Å². The van der Waals surface area contributed by atoms with E-state index in [1.54, 1.807) is 24.6 Å². The Hall–Kier alpha value is -2.54. The van der Waals surface area contributed by atoms with Gasteiger partial charge in [0.05, 0.1) is 24.2 Å². The minimum Gasteiger partial charge on any atom is -0.291 e. The van der Waals surface area contributed by atoms with Crippen LogP contribution in [0.5, 0.6) is 0 Å². The van der Waals surface area contributed by atoms with Gasteiger partial charge in [-0.1, -0.05) is 0 Å². The highest BCUT2D eigenvalue weighted by Gasteiger charge is 2.05. The number of nitrogens with zero attached hydrogens (tertiary/aromatic N) is 4. The number of hydrogen-bond acceptors (Lipinski definition) is 6. The van der Waals surface area contributed by atoms with E-state index < -0.39 is 0 Å². The van der Waals surface area contributed by atoms with E-state index in [1.165, 1.54) is 0 Å². The molecule has 0 unspecified atom stereocenters. The number of aryl methyl sites for hydroxylation is 2. The Bertz CT molecular complexity index is 884.